The van der Waals surface area contributed by atoms with Gasteiger partial charge in [0.25, 0.3) is 0 Å². The Labute approximate surface area is 58.0 Å². The summed E-state index contributed by atoms with van der Waals surface area (Å²) in [5.41, 5.74) is 0. The second kappa shape index (κ2) is 2.69. The summed E-state index contributed by atoms with van der Waals surface area (Å²) in [6.45, 7) is 1.52. The highest BCUT2D eigenvalue weighted by Gasteiger charge is 2.30. The monoisotopic (exact) mass is 148 g/mol. The second-order valence-electron chi connectivity index (χ2n) is 2.30. The third kappa shape index (κ3) is 1.97. The molecule has 0 spiro atoms. The van der Waals surface area contributed by atoms with Crippen LogP contribution >= 0.6 is 11.8 Å². The van der Waals surface area contributed by atoms with Gasteiger partial charge in [0.15, 0.2) is 5.12 Å². The number of carbonyl (C=O) groups excluding carboxylic acids is 1. The van der Waals surface area contributed by atoms with Crippen molar-refractivity contribution in [1.29, 1.82) is 0 Å². The largest absolute Gasteiger partial charge is 0.288 e. The highest BCUT2D eigenvalue weighted by molar-refractivity contribution is 8.14. The number of hydrogen-bond donors (Lipinski definition) is 0. The van der Waals surface area contributed by atoms with E-state index in [1.807, 2.05) is 0 Å². The minimum Gasteiger partial charge on any atom is -0.288 e. The van der Waals surface area contributed by atoms with E-state index in [1.165, 1.54) is 18.7 Å². The van der Waals surface area contributed by atoms with Gasteiger partial charge in [0.1, 0.15) is 6.17 Å². The van der Waals surface area contributed by atoms with Crippen LogP contribution in [0.2, 0.25) is 0 Å². The molecular formula is C6H9FOS. The lowest BCUT2D eigenvalue weighted by Crippen LogP contribution is -2.27. The quantitative estimate of drug-likeness (QED) is 0.563. The number of carbonyl (C=O) groups is 1. The molecule has 0 unspecified atom stereocenters. The number of thioether (sulfide) groups is 1. The van der Waals surface area contributed by atoms with Crippen molar-refractivity contribution in [1.82, 2.24) is 0 Å². The standard InChI is InChI=1S/C6H9FOS/c1-4(8)9-6-2-5(7)3-6/h5-6H,2-3H2,1H3. The molecule has 0 saturated heterocycles. The first kappa shape index (κ1) is 7.06. The van der Waals surface area contributed by atoms with E-state index < -0.39 is 6.17 Å². The predicted molar refractivity (Wildman–Crippen MR) is 36.2 cm³/mol. The van der Waals surface area contributed by atoms with Gasteiger partial charge in [-0.3, -0.25) is 4.79 Å². The van der Waals surface area contributed by atoms with E-state index in [2.05, 4.69) is 0 Å². The molecule has 0 aromatic carbocycles. The molecule has 9 heavy (non-hydrogen) atoms. The van der Waals surface area contributed by atoms with Gasteiger partial charge in [-0.15, -0.1) is 0 Å². The molecule has 0 radical (unpaired) electrons. The maximum Gasteiger partial charge on any atom is 0.186 e. The Kier molecular flexibility index (Phi) is 2.11. The molecule has 1 aliphatic carbocycles. The summed E-state index contributed by atoms with van der Waals surface area (Å²) in [5, 5.41) is 0.379. The second-order valence-corrected chi connectivity index (χ2v) is 3.78. The molecule has 0 amide bonds. The third-order valence-corrected chi connectivity index (χ3v) is 2.42. The summed E-state index contributed by atoms with van der Waals surface area (Å²) in [4.78, 5) is 10.4. The maximum atomic E-state index is 12.1. The van der Waals surface area contributed by atoms with Gasteiger partial charge in [-0.25, -0.2) is 4.39 Å². The first-order valence-corrected chi connectivity index (χ1v) is 3.87. The van der Waals surface area contributed by atoms with Crippen molar-refractivity contribution in [3.8, 4) is 0 Å². The van der Waals surface area contributed by atoms with Crippen molar-refractivity contribution in [2.45, 2.75) is 31.2 Å². The van der Waals surface area contributed by atoms with Crippen LogP contribution in [0.3, 0.4) is 0 Å². The lowest BCUT2D eigenvalue weighted by atomic mass is 9.97. The zero-order chi connectivity index (χ0) is 6.85. The molecule has 52 valence electrons. The highest BCUT2D eigenvalue weighted by atomic mass is 32.2. The molecular weight excluding hydrogens is 139 g/mol. The Morgan fingerprint density at radius 2 is 2.22 bits per heavy atom. The lowest BCUT2D eigenvalue weighted by molar-refractivity contribution is -0.109. The van der Waals surface area contributed by atoms with E-state index in [0.29, 0.717) is 12.8 Å². The van der Waals surface area contributed by atoms with E-state index in [-0.39, 0.29) is 10.4 Å². The Morgan fingerprint density at radius 1 is 1.67 bits per heavy atom. The fraction of sp³-hybridized carbons (Fsp3) is 0.833. The zero-order valence-corrected chi connectivity index (χ0v) is 6.08. The maximum absolute atomic E-state index is 12.1. The van der Waals surface area contributed by atoms with E-state index in [0.717, 1.165) is 0 Å². The van der Waals surface area contributed by atoms with Crippen molar-refractivity contribution in [3.05, 3.63) is 0 Å². The normalized spacial score (nSPS) is 33.6. The molecule has 0 aromatic heterocycles. The number of alkyl halides is 1. The van der Waals surface area contributed by atoms with E-state index in [1.54, 1.807) is 0 Å². The molecule has 1 fully saturated rings. The van der Waals surface area contributed by atoms with E-state index in [9.17, 15) is 9.18 Å². The number of hydrogen-bond acceptors (Lipinski definition) is 2. The Hall–Kier alpha value is -0.0500. The Bertz CT molecular complexity index is 120. The number of halogens is 1. The first-order valence-electron chi connectivity index (χ1n) is 3.00. The van der Waals surface area contributed by atoms with Gasteiger partial charge >= 0.3 is 0 Å². The van der Waals surface area contributed by atoms with Gasteiger partial charge in [-0.1, -0.05) is 11.8 Å². The lowest BCUT2D eigenvalue weighted by Gasteiger charge is -2.27. The molecule has 0 atom stereocenters. The van der Waals surface area contributed by atoms with Crippen LogP contribution in [0.25, 0.3) is 0 Å². The van der Waals surface area contributed by atoms with E-state index >= 15 is 0 Å². The SMILES string of the molecule is CC(=O)SC1CC(F)C1. The fourth-order valence-electron chi connectivity index (χ4n) is 0.832. The van der Waals surface area contributed by atoms with Crippen LogP contribution in [-0.2, 0) is 4.79 Å². The first-order chi connectivity index (χ1) is 4.18. The van der Waals surface area contributed by atoms with Crippen molar-refractivity contribution in [3.63, 3.8) is 0 Å². The predicted octanol–water partition coefficient (Wildman–Crippen LogP) is 1.77. The van der Waals surface area contributed by atoms with Crippen LogP contribution in [0.4, 0.5) is 4.39 Å². The van der Waals surface area contributed by atoms with Crippen LogP contribution in [0.15, 0.2) is 0 Å². The Balaban J connectivity index is 2.11. The molecule has 0 bridgehead atoms. The molecule has 0 aliphatic heterocycles. The molecule has 1 aliphatic rings. The third-order valence-electron chi connectivity index (χ3n) is 1.37. The summed E-state index contributed by atoms with van der Waals surface area (Å²) < 4.78 is 12.1. The van der Waals surface area contributed by atoms with Crippen molar-refractivity contribution in [2.24, 2.45) is 0 Å². The van der Waals surface area contributed by atoms with Crippen molar-refractivity contribution < 1.29 is 9.18 Å². The van der Waals surface area contributed by atoms with Crippen LogP contribution in [0.1, 0.15) is 19.8 Å². The van der Waals surface area contributed by atoms with Gasteiger partial charge in [0.05, 0.1) is 0 Å². The molecule has 1 rings (SSSR count). The minimum absolute atomic E-state index is 0.104. The molecule has 3 heteroatoms. The topological polar surface area (TPSA) is 17.1 Å². The van der Waals surface area contributed by atoms with Gasteiger partial charge in [0.2, 0.25) is 0 Å². The average Bonchev–Trinajstić information content (AvgIpc) is 1.60. The summed E-state index contributed by atoms with van der Waals surface area (Å²) in [6, 6.07) is 0. The van der Waals surface area contributed by atoms with Crippen LogP contribution in [0, 0.1) is 0 Å². The van der Waals surface area contributed by atoms with Gasteiger partial charge in [0, 0.05) is 12.2 Å². The molecule has 0 N–H and O–H groups in total. The van der Waals surface area contributed by atoms with Gasteiger partial charge < -0.3 is 0 Å². The van der Waals surface area contributed by atoms with Crippen LogP contribution in [-0.4, -0.2) is 16.5 Å². The smallest absolute Gasteiger partial charge is 0.186 e. The zero-order valence-electron chi connectivity index (χ0n) is 5.26. The van der Waals surface area contributed by atoms with Crippen LogP contribution in [0.5, 0.6) is 0 Å². The molecule has 1 saturated carbocycles. The summed E-state index contributed by atoms with van der Waals surface area (Å²) >= 11 is 1.27. The van der Waals surface area contributed by atoms with E-state index in [4.69, 9.17) is 0 Å². The fourth-order valence-corrected chi connectivity index (χ4v) is 1.91. The van der Waals surface area contributed by atoms with Crippen molar-refractivity contribution >= 4 is 16.9 Å². The molecule has 1 nitrogen and oxygen atoms in total. The summed E-state index contributed by atoms with van der Waals surface area (Å²) in [5.74, 6) is 0. The summed E-state index contributed by atoms with van der Waals surface area (Å²) in [6.07, 6.45) is 0.510. The Morgan fingerprint density at radius 3 is 2.56 bits per heavy atom. The molecule has 0 heterocycles. The average molecular weight is 148 g/mol. The number of rotatable bonds is 1. The molecule has 0 aromatic rings. The minimum atomic E-state index is -0.637. The van der Waals surface area contributed by atoms with Gasteiger partial charge in [-0.2, -0.15) is 0 Å². The van der Waals surface area contributed by atoms with Gasteiger partial charge in [-0.05, 0) is 12.8 Å². The van der Waals surface area contributed by atoms with Crippen molar-refractivity contribution in [2.75, 3.05) is 0 Å². The van der Waals surface area contributed by atoms with Crippen LogP contribution < -0.4 is 0 Å². The summed E-state index contributed by atoms with van der Waals surface area (Å²) in [7, 11) is 0. The highest BCUT2D eigenvalue weighted by Crippen LogP contribution is 2.33.